The van der Waals surface area contributed by atoms with Crippen LogP contribution in [0.25, 0.3) is 0 Å². The summed E-state index contributed by atoms with van der Waals surface area (Å²) >= 11 is 0. The van der Waals surface area contributed by atoms with Crippen LogP contribution < -0.4 is 0 Å². The van der Waals surface area contributed by atoms with E-state index in [4.69, 9.17) is 0 Å². The quantitative estimate of drug-likeness (QED) is 0.248. The van der Waals surface area contributed by atoms with Crippen LogP contribution in [-0.2, 0) is 9.59 Å². The van der Waals surface area contributed by atoms with Crippen LogP contribution in [-0.4, -0.2) is 12.6 Å². The molecular formula is C15H24O2. The molecule has 0 aliphatic carbocycles. The van der Waals surface area contributed by atoms with E-state index in [1.807, 2.05) is 6.92 Å². The minimum absolute atomic E-state index is 0.693. The fraction of sp³-hybridized carbons (Fsp3) is 0.600. The van der Waals surface area contributed by atoms with Crippen LogP contribution in [0.15, 0.2) is 23.3 Å². The lowest BCUT2D eigenvalue weighted by molar-refractivity contribution is -0.108. The molecule has 0 unspecified atom stereocenters. The van der Waals surface area contributed by atoms with E-state index in [1.54, 1.807) is 6.08 Å². The zero-order chi connectivity index (χ0) is 12.9. The Labute approximate surface area is 105 Å². The van der Waals surface area contributed by atoms with Gasteiger partial charge in [-0.15, -0.1) is 0 Å². The van der Waals surface area contributed by atoms with Crippen molar-refractivity contribution in [3.63, 3.8) is 0 Å². The summed E-state index contributed by atoms with van der Waals surface area (Å²) in [4.78, 5) is 20.3. The number of carbonyl (C=O) groups excluding carboxylic acids is 2. The first kappa shape index (κ1) is 15.8. The number of hydrogen-bond donors (Lipinski definition) is 0. The maximum Gasteiger partial charge on any atom is 0.142 e. The molecule has 0 N–H and O–H groups in total. The van der Waals surface area contributed by atoms with Gasteiger partial charge in [0.2, 0.25) is 0 Å². The van der Waals surface area contributed by atoms with Gasteiger partial charge >= 0.3 is 0 Å². The number of carbonyl (C=O) groups is 2. The van der Waals surface area contributed by atoms with E-state index >= 15 is 0 Å². The number of aldehydes is 2. The average molecular weight is 236 g/mol. The second kappa shape index (κ2) is 11.3. The zero-order valence-electron chi connectivity index (χ0n) is 11.1. The molecule has 0 aliphatic heterocycles. The van der Waals surface area contributed by atoms with Gasteiger partial charge < -0.3 is 4.79 Å². The summed E-state index contributed by atoms with van der Waals surface area (Å²) < 4.78 is 0. The van der Waals surface area contributed by atoms with Crippen molar-refractivity contribution in [2.75, 3.05) is 0 Å². The standard InChI is InChI=1S/C15H24O2/c1-14(8-5-3-4-6-12-16)9-7-10-15(2)11-13-17/h9,11-13H,3-8,10H2,1-2H3/b14-9+,15-11+. The Bertz CT molecular complexity index is 275. The van der Waals surface area contributed by atoms with Crippen molar-refractivity contribution in [2.45, 2.75) is 58.8 Å². The predicted molar refractivity (Wildman–Crippen MR) is 72.0 cm³/mol. The van der Waals surface area contributed by atoms with Crippen LogP contribution in [0.5, 0.6) is 0 Å². The Kier molecular flexibility index (Phi) is 10.5. The fourth-order valence-corrected chi connectivity index (χ4v) is 1.66. The van der Waals surface area contributed by atoms with Crippen molar-refractivity contribution in [2.24, 2.45) is 0 Å². The van der Waals surface area contributed by atoms with E-state index < -0.39 is 0 Å². The van der Waals surface area contributed by atoms with Gasteiger partial charge in [-0.1, -0.05) is 23.6 Å². The number of unbranched alkanes of at least 4 members (excludes halogenated alkanes) is 3. The average Bonchev–Trinajstić information content (AvgIpc) is 2.29. The van der Waals surface area contributed by atoms with Crippen LogP contribution in [0, 0.1) is 0 Å². The van der Waals surface area contributed by atoms with Gasteiger partial charge in [0.05, 0.1) is 0 Å². The largest absolute Gasteiger partial charge is 0.303 e. The summed E-state index contributed by atoms with van der Waals surface area (Å²) in [5, 5.41) is 0. The van der Waals surface area contributed by atoms with Gasteiger partial charge in [-0.2, -0.15) is 0 Å². The molecular weight excluding hydrogens is 212 g/mol. The third kappa shape index (κ3) is 11.1. The molecule has 17 heavy (non-hydrogen) atoms. The summed E-state index contributed by atoms with van der Waals surface area (Å²) in [5.74, 6) is 0. The van der Waals surface area contributed by atoms with E-state index in [1.165, 1.54) is 12.0 Å². The monoisotopic (exact) mass is 236 g/mol. The SMILES string of the molecule is C/C(=C\C=O)CC/C=C(\C)CCCCCC=O. The Morgan fingerprint density at radius 2 is 1.65 bits per heavy atom. The van der Waals surface area contributed by atoms with Crippen molar-refractivity contribution in [3.05, 3.63) is 23.3 Å². The molecule has 2 nitrogen and oxygen atoms in total. The topological polar surface area (TPSA) is 34.1 Å². The first-order valence-corrected chi connectivity index (χ1v) is 6.41. The lowest BCUT2D eigenvalue weighted by atomic mass is 10.0. The van der Waals surface area contributed by atoms with Crippen molar-refractivity contribution in [1.82, 2.24) is 0 Å². The predicted octanol–water partition coefficient (Wildman–Crippen LogP) is 4.01. The molecule has 0 atom stereocenters. The van der Waals surface area contributed by atoms with Crippen molar-refractivity contribution < 1.29 is 9.59 Å². The molecule has 0 fully saturated rings. The molecule has 0 aromatic heterocycles. The van der Waals surface area contributed by atoms with E-state index in [2.05, 4.69) is 13.0 Å². The molecule has 2 heteroatoms. The van der Waals surface area contributed by atoms with E-state index in [0.29, 0.717) is 6.42 Å². The molecule has 96 valence electrons. The molecule has 0 rings (SSSR count). The van der Waals surface area contributed by atoms with Gasteiger partial charge in [-0.25, -0.2) is 0 Å². The molecule has 0 amide bonds. The van der Waals surface area contributed by atoms with E-state index in [0.717, 1.165) is 50.2 Å². The number of hydrogen-bond acceptors (Lipinski definition) is 2. The second-order valence-corrected chi connectivity index (χ2v) is 4.50. The fourth-order valence-electron chi connectivity index (χ4n) is 1.66. The van der Waals surface area contributed by atoms with Crippen LogP contribution in [0.3, 0.4) is 0 Å². The smallest absolute Gasteiger partial charge is 0.142 e. The van der Waals surface area contributed by atoms with Crippen LogP contribution in [0.1, 0.15) is 58.8 Å². The first-order valence-electron chi connectivity index (χ1n) is 6.41. The van der Waals surface area contributed by atoms with Gasteiger partial charge in [-0.05, 0) is 52.0 Å². The highest BCUT2D eigenvalue weighted by atomic mass is 16.1. The molecule has 0 saturated carbocycles. The van der Waals surface area contributed by atoms with Gasteiger partial charge in [0.15, 0.2) is 0 Å². The van der Waals surface area contributed by atoms with Gasteiger partial charge in [-0.3, -0.25) is 4.79 Å². The number of rotatable bonds is 10. The summed E-state index contributed by atoms with van der Waals surface area (Å²) in [5.41, 5.74) is 2.55. The molecule has 0 heterocycles. The second-order valence-electron chi connectivity index (χ2n) is 4.50. The van der Waals surface area contributed by atoms with Crippen LogP contribution in [0.2, 0.25) is 0 Å². The Morgan fingerprint density at radius 3 is 2.29 bits per heavy atom. The zero-order valence-corrected chi connectivity index (χ0v) is 11.1. The molecule has 0 radical (unpaired) electrons. The number of allylic oxidation sites excluding steroid dienone is 4. The summed E-state index contributed by atoms with van der Waals surface area (Å²) in [6, 6.07) is 0. The minimum Gasteiger partial charge on any atom is -0.303 e. The highest BCUT2D eigenvalue weighted by molar-refractivity contribution is 5.65. The third-order valence-corrected chi connectivity index (χ3v) is 2.78. The molecule has 0 aromatic rings. The maximum atomic E-state index is 10.2. The lowest BCUT2D eigenvalue weighted by Crippen LogP contribution is -1.83. The van der Waals surface area contributed by atoms with Crippen molar-refractivity contribution in [3.8, 4) is 0 Å². The van der Waals surface area contributed by atoms with Gasteiger partial charge in [0, 0.05) is 6.42 Å². The maximum absolute atomic E-state index is 10.2. The third-order valence-electron chi connectivity index (χ3n) is 2.78. The highest BCUT2D eigenvalue weighted by Crippen LogP contribution is 2.12. The summed E-state index contributed by atoms with van der Waals surface area (Å²) in [7, 11) is 0. The Hall–Kier alpha value is -1.18. The molecule has 0 saturated heterocycles. The molecule has 0 spiro atoms. The molecule has 0 aliphatic rings. The minimum atomic E-state index is 0.693. The molecule has 0 aromatic carbocycles. The van der Waals surface area contributed by atoms with Gasteiger partial charge in [0.1, 0.15) is 12.6 Å². The molecule has 0 bridgehead atoms. The lowest BCUT2D eigenvalue weighted by Gasteiger charge is -2.01. The van der Waals surface area contributed by atoms with Crippen molar-refractivity contribution in [1.29, 1.82) is 0 Å². The highest BCUT2D eigenvalue weighted by Gasteiger charge is 1.93. The van der Waals surface area contributed by atoms with Crippen molar-refractivity contribution >= 4 is 12.6 Å². The normalized spacial score (nSPS) is 12.6. The Morgan fingerprint density at radius 1 is 0.882 bits per heavy atom. The first-order chi connectivity index (χ1) is 8.20. The van der Waals surface area contributed by atoms with Crippen LogP contribution >= 0.6 is 0 Å². The van der Waals surface area contributed by atoms with Crippen LogP contribution in [0.4, 0.5) is 0 Å². The Balaban J connectivity index is 3.61. The summed E-state index contributed by atoms with van der Waals surface area (Å²) in [6.45, 7) is 4.13. The van der Waals surface area contributed by atoms with E-state index in [-0.39, 0.29) is 0 Å². The summed E-state index contributed by atoms with van der Waals surface area (Å²) in [6.07, 6.45) is 12.8. The van der Waals surface area contributed by atoms with Gasteiger partial charge in [0.25, 0.3) is 0 Å². The van der Waals surface area contributed by atoms with E-state index in [9.17, 15) is 9.59 Å².